The smallest absolute Gasteiger partial charge is 0.128 e. The molecule has 7 nitrogen and oxygen atoms in total. The molecule has 31 heavy (non-hydrogen) atoms. The number of phenolic OH excluding ortho intramolecular Hbond substituents is 1. The molecular weight excluding hydrogens is 395 g/mol. The number of aromatic nitrogens is 5. The average molecular weight is 418 g/mol. The maximum atomic E-state index is 15.3. The first-order chi connectivity index (χ1) is 14.8. The van der Waals surface area contributed by atoms with Crippen LogP contribution >= 0.6 is 0 Å². The Morgan fingerprint density at radius 3 is 2.74 bits per heavy atom. The summed E-state index contributed by atoms with van der Waals surface area (Å²) in [6.07, 6.45) is 6.72. The summed E-state index contributed by atoms with van der Waals surface area (Å²) in [5.74, 6) is -0.304. The second-order valence-electron chi connectivity index (χ2n) is 8.75. The molecule has 0 unspecified atom stereocenters. The monoisotopic (exact) mass is 418 g/mol. The van der Waals surface area contributed by atoms with E-state index in [0.29, 0.717) is 34.6 Å². The van der Waals surface area contributed by atoms with E-state index in [0.717, 1.165) is 0 Å². The van der Waals surface area contributed by atoms with Crippen LogP contribution in [0.1, 0.15) is 26.0 Å². The van der Waals surface area contributed by atoms with E-state index in [2.05, 4.69) is 39.3 Å². The van der Waals surface area contributed by atoms with Crippen molar-refractivity contribution in [3.8, 4) is 22.7 Å². The fraction of sp³-hybridized carbons (Fsp3) is 0.304. The number of hydrogen-bond acceptors (Lipinski definition) is 6. The molecule has 8 heteroatoms. The molecule has 2 aliphatic heterocycles. The van der Waals surface area contributed by atoms with E-state index >= 15 is 4.39 Å². The van der Waals surface area contributed by atoms with Crippen molar-refractivity contribution in [2.75, 3.05) is 0 Å². The van der Waals surface area contributed by atoms with Crippen LogP contribution in [0.2, 0.25) is 0 Å². The van der Waals surface area contributed by atoms with Crippen LogP contribution < -0.4 is 5.32 Å². The van der Waals surface area contributed by atoms with Gasteiger partial charge in [-0.15, -0.1) is 10.2 Å². The molecule has 2 aromatic heterocycles. The van der Waals surface area contributed by atoms with Crippen LogP contribution in [-0.4, -0.2) is 47.5 Å². The highest BCUT2D eigenvalue weighted by Gasteiger charge is 2.52. The topological polar surface area (TPSA) is 88.8 Å². The maximum absolute atomic E-state index is 15.3. The Kier molecular flexibility index (Phi) is 4.30. The maximum Gasteiger partial charge on any atom is 0.128 e. The highest BCUT2D eigenvalue weighted by Crippen LogP contribution is 2.46. The van der Waals surface area contributed by atoms with Gasteiger partial charge in [0, 0.05) is 23.1 Å². The lowest BCUT2D eigenvalue weighted by atomic mass is 9.74. The van der Waals surface area contributed by atoms with Crippen molar-refractivity contribution in [1.29, 1.82) is 0 Å². The first kappa shape index (κ1) is 19.6. The van der Waals surface area contributed by atoms with Crippen molar-refractivity contribution in [1.82, 2.24) is 30.5 Å². The number of allylic oxidation sites excluding steroid dienone is 1. The molecule has 158 valence electrons. The second kappa shape index (κ2) is 6.81. The Morgan fingerprint density at radius 1 is 1.23 bits per heavy atom. The quantitative estimate of drug-likeness (QED) is 0.631. The summed E-state index contributed by atoms with van der Waals surface area (Å²) >= 11 is 0. The number of alkyl halides is 1. The van der Waals surface area contributed by atoms with Gasteiger partial charge in [-0.1, -0.05) is 23.9 Å². The van der Waals surface area contributed by atoms with Gasteiger partial charge < -0.3 is 5.11 Å². The second-order valence-corrected chi connectivity index (χ2v) is 8.75. The molecular formula is C23H23FN6O. The lowest BCUT2D eigenvalue weighted by molar-refractivity contribution is 0.0913. The third-order valence-electron chi connectivity index (χ3n) is 6.31. The Balaban J connectivity index is 1.39. The molecule has 2 N–H and O–H groups in total. The van der Waals surface area contributed by atoms with E-state index in [9.17, 15) is 5.11 Å². The number of aromatic hydroxyl groups is 1. The SMILES string of the molecule is C=C(c1ccc(-c2ccc(-n3ccnn3)cc2O)nn1)[C@H]1C[C@]2(C)C=C[C@@](C)(N2)[C@@H]1F. The molecule has 1 saturated heterocycles. The first-order valence-corrected chi connectivity index (χ1v) is 10.1. The van der Waals surface area contributed by atoms with Gasteiger partial charge in [-0.3, -0.25) is 5.32 Å². The molecule has 4 heterocycles. The van der Waals surface area contributed by atoms with Gasteiger partial charge in [0.1, 0.15) is 11.9 Å². The number of fused-ring (bicyclic) bond motifs is 2. The molecule has 0 aliphatic carbocycles. The van der Waals surface area contributed by atoms with Crippen molar-refractivity contribution in [2.24, 2.45) is 5.92 Å². The van der Waals surface area contributed by atoms with Crippen LogP contribution in [0.5, 0.6) is 5.75 Å². The van der Waals surface area contributed by atoms with E-state index in [1.165, 1.54) is 0 Å². The number of piperidine rings is 1. The van der Waals surface area contributed by atoms with Crippen LogP contribution in [-0.2, 0) is 0 Å². The molecule has 0 spiro atoms. The van der Waals surface area contributed by atoms with E-state index in [-0.39, 0.29) is 17.2 Å². The standard InChI is InChI=1S/C23H23FN6O/c1-14(17-13-22(2)8-9-23(3,28-22)21(17)24)18-6-7-19(27-26-18)16-5-4-15(12-20(16)31)30-11-10-25-29-30/h4-12,17,21,28,31H,1,13H2,2-3H3/t17-,21-,22+,23-/m1/s1. The Morgan fingerprint density at radius 2 is 2.06 bits per heavy atom. The zero-order chi connectivity index (χ0) is 21.8. The molecule has 1 fully saturated rings. The lowest BCUT2D eigenvalue weighted by Crippen LogP contribution is -2.61. The van der Waals surface area contributed by atoms with Crippen molar-refractivity contribution in [3.63, 3.8) is 0 Å². The number of halogens is 1. The summed E-state index contributed by atoms with van der Waals surface area (Å²) in [5.41, 5.74) is 1.98. The zero-order valence-electron chi connectivity index (χ0n) is 17.3. The highest BCUT2D eigenvalue weighted by molar-refractivity contribution is 5.70. The molecule has 2 bridgehead atoms. The minimum atomic E-state index is -1.11. The van der Waals surface area contributed by atoms with Crippen LogP contribution in [0.3, 0.4) is 0 Å². The Hall–Kier alpha value is -3.39. The van der Waals surface area contributed by atoms with Gasteiger partial charge in [0.25, 0.3) is 0 Å². The number of phenols is 1. The Bertz CT molecular complexity index is 1180. The zero-order valence-corrected chi connectivity index (χ0v) is 17.3. The van der Waals surface area contributed by atoms with Gasteiger partial charge in [-0.05, 0) is 50.1 Å². The predicted molar refractivity (Wildman–Crippen MR) is 115 cm³/mol. The largest absolute Gasteiger partial charge is 0.507 e. The summed E-state index contributed by atoms with van der Waals surface area (Å²) in [6, 6.07) is 8.70. The lowest BCUT2D eigenvalue weighted by Gasteiger charge is -2.45. The molecule has 5 rings (SSSR count). The molecule has 0 radical (unpaired) electrons. The van der Waals surface area contributed by atoms with E-state index in [4.69, 9.17) is 0 Å². The van der Waals surface area contributed by atoms with Crippen molar-refractivity contribution in [2.45, 2.75) is 37.5 Å². The fourth-order valence-electron chi connectivity index (χ4n) is 4.68. The first-order valence-electron chi connectivity index (χ1n) is 10.1. The van der Waals surface area contributed by atoms with Gasteiger partial charge in [0.05, 0.1) is 35.0 Å². The molecule has 1 aromatic carbocycles. The summed E-state index contributed by atoms with van der Waals surface area (Å²) in [7, 11) is 0. The third kappa shape index (κ3) is 3.23. The van der Waals surface area contributed by atoms with Crippen molar-refractivity contribution < 1.29 is 9.50 Å². The molecule has 3 aromatic rings. The number of nitrogens with one attached hydrogen (secondary N) is 1. The van der Waals surface area contributed by atoms with Gasteiger partial charge in [-0.2, -0.15) is 5.10 Å². The molecule has 0 amide bonds. The third-order valence-corrected chi connectivity index (χ3v) is 6.31. The minimum absolute atomic E-state index is 0.0551. The van der Waals surface area contributed by atoms with Crippen LogP contribution in [0.15, 0.2) is 61.5 Å². The number of hydrogen-bond donors (Lipinski definition) is 2. The van der Waals surface area contributed by atoms with Gasteiger partial charge in [-0.25, -0.2) is 9.07 Å². The van der Waals surface area contributed by atoms with Crippen LogP contribution in [0.4, 0.5) is 4.39 Å². The number of rotatable bonds is 4. The van der Waals surface area contributed by atoms with Crippen LogP contribution in [0, 0.1) is 5.92 Å². The van der Waals surface area contributed by atoms with Gasteiger partial charge >= 0.3 is 0 Å². The molecule has 2 aliphatic rings. The summed E-state index contributed by atoms with van der Waals surface area (Å²) in [4.78, 5) is 0. The highest BCUT2D eigenvalue weighted by atomic mass is 19.1. The fourth-order valence-corrected chi connectivity index (χ4v) is 4.68. The van der Waals surface area contributed by atoms with Gasteiger partial charge in [0.15, 0.2) is 0 Å². The van der Waals surface area contributed by atoms with E-state index < -0.39 is 11.7 Å². The summed E-state index contributed by atoms with van der Waals surface area (Å²) in [5, 5.41) is 30.1. The van der Waals surface area contributed by atoms with E-state index in [1.807, 2.05) is 25.1 Å². The minimum Gasteiger partial charge on any atom is -0.507 e. The predicted octanol–water partition coefficient (Wildman–Crippen LogP) is 3.48. The summed E-state index contributed by atoms with van der Waals surface area (Å²) < 4.78 is 16.9. The molecule has 4 atom stereocenters. The number of nitrogens with zero attached hydrogens (tertiary/aromatic N) is 5. The number of benzene rings is 1. The van der Waals surface area contributed by atoms with Gasteiger partial charge in [0.2, 0.25) is 0 Å². The normalized spacial score (nSPS) is 29.3. The van der Waals surface area contributed by atoms with E-state index in [1.54, 1.807) is 41.3 Å². The average Bonchev–Trinajstić information content (AvgIpc) is 3.38. The summed E-state index contributed by atoms with van der Waals surface area (Å²) in [6.45, 7) is 8.10. The van der Waals surface area contributed by atoms with Crippen molar-refractivity contribution >= 4 is 5.57 Å². The Labute approximate surface area is 179 Å². The van der Waals surface area contributed by atoms with Crippen molar-refractivity contribution in [3.05, 3.63) is 67.2 Å². The van der Waals surface area contributed by atoms with Crippen LogP contribution in [0.25, 0.3) is 22.5 Å². The molecule has 0 saturated carbocycles.